The van der Waals surface area contributed by atoms with Crippen molar-refractivity contribution < 1.29 is 23.1 Å². The second kappa shape index (κ2) is 9.75. The fourth-order valence-electron chi connectivity index (χ4n) is 4.12. The van der Waals surface area contributed by atoms with Crippen molar-refractivity contribution in [2.24, 2.45) is 0 Å². The van der Waals surface area contributed by atoms with Gasteiger partial charge in [-0.3, -0.25) is 9.59 Å². The summed E-state index contributed by atoms with van der Waals surface area (Å²) in [5, 5.41) is 0.120. The largest absolute Gasteiger partial charge is 0.494 e. The van der Waals surface area contributed by atoms with Gasteiger partial charge in [-0.1, -0.05) is 19.1 Å². The molecule has 4 rings (SSSR count). The molecule has 174 valence electrons. The molecular weight excluding hydrogens is 425 g/mol. The SMILES string of the molecule is CCCOc1cccc(C2c3c(oc4ccc(F)cc4c3=O)C(=O)N2CCCOC(C)C)c1. The lowest BCUT2D eigenvalue weighted by Gasteiger charge is -2.25. The first kappa shape index (κ1) is 23.0. The molecule has 1 aliphatic heterocycles. The van der Waals surface area contributed by atoms with Crippen LogP contribution in [0.4, 0.5) is 4.39 Å². The summed E-state index contributed by atoms with van der Waals surface area (Å²) < 4.78 is 31.2. The number of ether oxygens (including phenoxy) is 2. The highest BCUT2D eigenvalue weighted by Gasteiger charge is 2.42. The Morgan fingerprint density at radius 2 is 1.94 bits per heavy atom. The lowest BCUT2D eigenvalue weighted by atomic mass is 9.98. The van der Waals surface area contributed by atoms with Crippen LogP contribution in [0.1, 0.15) is 61.3 Å². The molecule has 0 aliphatic carbocycles. The second-order valence-corrected chi connectivity index (χ2v) is 8.41. The van der Waals surface area contributed by atoms with Gasteiger partial charge in [-0.25, -0.2) is 4.39 Å². The summed E-state index contributed by atoms with van der Waals surface area (Å²) in [4.78, 5) is 28.5. The normalized spacial score (nSPS) is 15.5. The molecule has 7 heteroatoms. The monoisotopic (exact) mass is 453 g/mol. The van der Waals surface area contributed by atoms with E-state index < -0.39 is 17.3 Å². The summed E-state index contributed by atoms with van der Waals surface area (Å²) in [6.45, 7) is 7.35. The third kappa shape index (κ3) is 4.64. The Hall–Kier alpha value is -3.19. The van der Waals surface area contributed by atoms with E-state index in [9.17, 15) is 14.0 Å². The highest BCUT2D eigenvalue weighted by Crippen LogP contribution is 2.39. The Morgan fingerprint density at radius 3 is 2.70 bits per heavy atom. The fourth-order valence-corrected chi connectivity index (χ4v) is 4.12. The van der Waals surface area contributed by atoms with E-state index in [0.29, 0.717) is 31.9 Å². The maximum atomic E-state index is 13.9. The minimum Gasteiger partial charge on any atom is -0.494 e. The molecule has 0 spiro atoms. The van der Waals surface area contributed by atoms with E-state index in [2.05, 4.69) is 0 Å². The van der Waals surface area contributed by atoms with Crippen LogP contribution in [0.3, 0.4) is 0 Å². The molecule has 0 saturated heterocycles. The zero-order valence-corrected chi connectivity index (χ0v) is 19.1. The van der Waals surface area contributed by atoms with Crippen molar-refractivity contribution in [1.82, 2.24) is 4.90 Å². The molecule has 6 nitrogen and oxygen atoms in total. The van der Waals surface area contributed by atoms with Crippen LogP contribution in [-0.4, -0.2) is 36.7 Å². The standard InChI is InChI=1S/C26H28FNO5/c1-4-12-32-19-8-5-7-17(14-19)23-22-24(29)20-15-18(27)9-10-21(20)33-25(22)26(30)28(23)11-6-13-31-16(2)3/h5,7-10,14-16,23H,4,6,11-13H2,1-3H3. The third-order valence-corrected chi connectivity index (χ3v) is 5.57. The van der Waals surface area contributed by atoms with Crippen molar-refractivity contribution in [1.29, 1.82) is 0 Å². The van der Waals surface area contributed by atoms with Gasteiger partial charge in [0.05, 0.1) is 29.7 Å². The van der Waals surface area contributed by atoms with Crippen LogP contribution >= 0.6 is 0 Å². The number of benzene rings is 2. The van der Waals surface area contributed by atoms with Gasteiger partial charge in [0.25, 0.3) is 5.91 Å². The molecule has 1 unspecified atom stereocenters. The van der Waals surface area contributed by atoms with E-state index in [1.807, 2.05) is 45.0 Å². The van der Waals surface area contributed by atoms with E-state index in [1.165, 1.54) is 12.1 Å². The number of carbonyl (C=O) groups is 1. The van der Waals surface area contributed by atoms with Gasteiger partial charge < -0.3 is 18.8 Å². The molecule has 0 saturated carbocycles. The second-order valence-electron chi connectivity index (χ2n) is 8.41. The van der Waals surface area contributed by atoms with Gasteiger partial charge in [-0.05, 0) is 62.6 Å². The number of nitrogens with zero attached hydrogens (tertiary/aromatic N) is 1. The van der Waals surface area contributed by atoms with Crippen molar-refractivity contribution in [3.63, 3.8) is 0 Å². The van der Waals surface area contributed by atoms with Gasteiger partial charge in [0.2, 0.25) is 5.76 Å². The summed E-state index contributed by atoms with van der Waals surface area (Å²) in [5.41, 5.74) is 0.765. The molecule has 1 amide bonds. The van der Waals surface area contributed by atoms with Gasteiger partial charge in [0, 0.05) is 13.2 Å². The third-order valence-electron chi connectivity index (χ3n) is 5.57. The van der Waals surface area contributed by atoms with Gasteiger partial charge in [-0.15, -0.1) is 0 Å². The van der Waals surface area contributed by atoms with Crippen LogP contribution in [0, 0.1) is 5.82 Å². The molecule has 33 heavy (non-hydrogen) atoms. The van der Waals surface area contributed by atoms with Crippen LogP contribution in [0.25, 0.3) is 11.0 Å². The van der Waals surface area contributed by atoms with Gasteiger partial charge in [0.15, 0.2) is 5.43 Å². The molecule has 0 fully saturated rings. The number of fused-ring (bicyclic) bond motifs is 2. The number of halogens is 1. The zero-order chi connectivity index (χ0) is 23.5. The summed E-state index contributed by atoms with van der Waals surface area (Å²) in [6.07, 6.45) is 1.55. The summed E-state index contributed by atoms with van der Waals surface area (Å²) >= 11 is 0. The Bertz CT molecular complexity index is 1220. The summed E-state index contributed by atoms with van der Waals surface area (Å²) in [6, 6.07) is 10.5. The minimum atomic E-state index is -0.652. The minimum absolute atomic E-state index is 0.00812. The lowest BCUT2D eigenvalue weighted by molar-refractivity contribution is 0.0593. The maximum absolute atomic E-state index is 13.9. The van der Waals surface area contributed by atoms with Crippen LogP contribution in [0.5, 0.6) is 5.75 Å². The Labute approximate surface area is 191 Å². The van der Waals surface area contributed by atoms with Gasteiger partial charge >= 0.3 is 0 Å². The van der Waals surface area contributed by atoms with E-state index >= 15 is 0 Å². The van der Waals surface area contributed by atoms with E-state index in [4.69, 9.17) is 13.9 Å². The van der Waals surface area contributed by atoms with Crippen molar-refractivity contribution in [3.05, 3.63) is 75.4 Å². The first-order chi connectivity index (χ1) is 15.9. The molecule has 1 aliphatic rings. The highest BCUT2D eigenvalue weighted by molar-refractivity contribution is 5.99. The first-order valence-electron chi connectivity index (χ1n) is 11.3. The van der Waals surface area contributed by atoms with Crippen LogP contribution in [0.15, 0.2) is 51.7 Å². The van der Waals surface area contributed by atoms with Crippen molar-refractivity contribution in [2.75, 3.05) is 19.8 Å². The lowest BCUT2D eigenvalue weighted by Crippen LogP contribution is -2.31. The zero-order valence-electron chi connectivity index (χ0n) is 19.1. The van der Waals surface area contributed by atoms with Crippen molar-refractivity contribution >= 4 is 16.9 Å². The van der Waals surface area contributed by atoms with Gasteiger partial charge in [0.1, 0.15) is 17.1 Å². The quantitative estimate of drug-likeness (QED) is 0.423. The van der Waals surface area contributed by atoms with Crippen LogP contribution < -0.4 is 10.2 Å². The predicted octanol–water partition coefficient (Wildman–Crippen LogP) is 5.08. The van der Waals surface area contributed by atoms with Crippen LogP contribution in [-0.2, 0) is 4.74 Å². The van der Waals surface area contributed by atoms with E-state index in [-0.39, 0.29) is 34.3 Å². The molecule has 1 atom stereocenters. The average Bonchev–Trinajstić information content (AvgIpc) is 3.08. The molecule has 0 radical (unpaired) electrons. The number of rotatable bonds is 9. The summed E-state index contributed by atoms with van der Waals surface area (Å²) in [7, 11) is 0. The predicted molar refractivity (Wildman–Crippen MR) is 123 cm³/mol. The van der Waals surface area contributed by atoms with Gasteiger partial charge in [-0.2, -0.15) is 0 Å². The van der Waals surface area contributed by atoms with Crippen LogP contribution in [0.2, 0.25) is 0 Å². The maximum Gasteiger partial charge on any atom is 0.290 e. The molecule has 2 heterocycles. The van der Waals surface area contributed by atoms with Crippen molar-refractivity contribution in [2.45, 2.75) is 45.8 Å². The fraction of sp³-hybridized carbons (Fsp3) is 0.385. The topological polar surface area (TPSA) is 69.0 Å². The average molecular weight is 454 g/mol. The highest BCUT2D eigenvalue weighted by atomic mass is 19.1. The number of amides is 1. The van der Waals surface area contributed by atoms with E-state index in [0.717, 1.165) is 18.1 Å². The molecule has 2 aromatic carbocycles. The smallest absolute Gasteiger partial charge is 0.290 e. The van der Waals surface area contributed by atoms with Crippen molar-refractivity contribution in [3.8, 4) is 5.75 Å². The Kier molecular flexibility index (Phi) is 6.79. The first-order valence-corrected chi connectivity index (χ1v) is 11.3. The molecule has 0 bridgehead atoms. The van der Waals surface area contributed by atoms with E-state index in [1.54, 1.807) is 4.90 Å². The number of hydrogen-bond donors (Lipinski definition) is 0. The number of hydrogen-bond acceptors (Lipinski definition) is 5. The summed E-state index contributed by atoms with van der Waals surface area (Å²) in [5.74, 6) is -0.223. The molecular formula is C26H28FNO5. The molecule has 3 aromatic rings. The Morgan fingerprint density at radius 1 is 1.12 bits per heavy atom. The molecule has 0 N–H and O–H groups in total. The Balaban J connectivity index is 1.80. The number of carbonyl (C=O) groups excluding carboxylic acids is 1. The molecule has 1 aromatic heterocycles.